The van der Waals surface area contributed by atoms with Crippen molar-refractivity contribution in [2.75, 3.05) is 19.8 Å². The third-order valence-electron chi connectivity index (χ3n) is 9.42. The van der Waals surface area contributed by atoms with Gasteiger partial charge in [0, 0.05) is 16.6 Å². The van der Waals surface area contributed by atoms with Gasteiger partial charge in [-0.3, -0.25) is 0 Å². The van der Waals surface area contributed by atoms with Crippen LogP contribution in [0.15, 0.2) is 0 Å². The van der Waals surface area contributed by atoms with E-state index in [0.29, 0.717) is 19.8 Å². The summed E-state index contributed by atoms with van der Waals surface area (Å²) in [4.78, 5) is 0. The number of ether oxygens (including phenoxy) is 3. The van der Waals surface area contributed by atoms with Crippen molar-refractivity contribution in [1.29, 1.82) is 0 Å². The van der Waals surface area contributed by atoms with Crippen LogP contribution < -0.4 is 15.7 Å². The molecule has 3 unspecified atom stereocenters. The molecule has 6 radical (unpaired) electrons. The highest BCUT2D eigenvalue weighted by Crippen LogP contribution is 2.39. The van der Waals surface area contributed by atoms with Crippen LogP contribution in [-0.4, -0.2) is 77.2 Å². The molecule has 0 aliphatic heterocycles. The van der Waals surface area contributed by atoms with Gasteiger partial charge >= 0.3 is 0 Å². The van der Waals surface area contributed by atoms with Gasteiger partial charge in [0.25, 0.3) is 0 Å². The van der Waals surface area contributed by atoms with E-state index in [9.17, 15) is 0 Å². The standard InChI is InChI=1S/C30H62B3N3O3/c1-21(27(8,9)34-31)18-37-25(4,5)16-24(30(14,15)39-20-23(3)29(12,13)36-33)17-26(6,7)38-19-22(2)28(10,11)35-32/h21-24,34-36H,16-20H2,1-15H3. The SMILES string of the molecule is [B]NC(C)(C)C(C)COC(C)(C)CC(CC(C)(C)OCC(C)C(C)(C)N[B])C(C)(C)OCC(C)C(C)(C)N[B]. The molecule has 0 saturated heterocycles. The molecule has 9 heteroatoms. The van der Waals surface area contributed by atoms with Crippen molar-refractivity contribution in [2.45, 2.75) is 150 Å². The van der Waals surface area contributed by atoms with E-state index in [1.807, 2.05) is 0 Å². The van der Waals surface area contributed by atoms with Crippen molar-refractivity contribution >= 4 is 23.9 Å². The quantitative estimate of drug-likeness (QED) is 0.187. The molecule has 0 rings (SSSR count). The minimum atomic E-state index is -0.423. The predicted molar refractivity (Wildman–Crippen MR) is 169 cm³/mol. The first-order chi connectivity index (χ1) is 17.4. The van der Waals surface area contributed by atoms with Crippen molar-refractivity contribution < 1.29 is 14.2 Å². The average molecular weight is 545 g/mol. The molecule has 0 amide bonds. The lowest BCUT2D eigenvalue weighted by Crippen LogP contribution is -2.50. The molecule has 6 nitrogen and oxygen atoms in total. The molecule has 39 heavy (non-hydrogen) atoms. The van der Waals surface area contributed by atoms with E-state index in [-0.39, 0.29) is 51.5 Å². The number of hydrogen-bond acceptors (Lipinski definition) is 6. The van der Waals surface area contributed by atoms with Crippen molar-refractivity contribution in [3.63, 3.8) is 0 Å². The van der Waals surface area contributed by atoms with Gasteiger partial charge in [0.2, 0.25) is 0 Å². The molecule has 3 atom stereocenters. The Hall–Kier alpha value is -0.0452. The van der Waals surface area contributed by atoms with Gasteiger partial charge in [0.05, 0.1) is 36.6 Å². The molecule has 0 spiro atoms. The first kappa shape index (κ1) is 39.0. The smallest absolute Gasteiger partial charge is 0.178 e. The lowest BCUT2D eigenvalue weighted by molar-refractivity contribution is -0.139. The fraction of sp³-hybridized carbons (Fsp3) is 1.00. The van der Waals surface area contributed by atoms with E-state index in [4.69, 9.17) is 38.2 Å². The number of nitrogens with one attached hydrogen (secondary N) is 3. The lowest BCUT2D eigenvalue weighted by Gasteiger charge is -2.45. The van der Waals surface area contributed by atoms with Crippen LogP contribution in [0.4, 0.5) is 0 Å². The van der Waals surface area contributed by atoms with E-state index >= 15 is 0 Å². The number of hydrogen-bond donors (Lipinski definition) is 3. The molecule has 0 bridgehead atoms. The van der Waals surface area contributed by atoms with Crippen LogP contribution in [0.2, 0.25) is 0 Å². The molecular formula is C30H62B3N3O3. The van der Waals surface area contributed by atoms with Gasteiger partial charge in [-0.25, -0.2) is 0 Å². The van der Waals surface area contributed by atoms with Crippen LogP contribution in [0.3, 0.4) is 0 Å². The molecule has 0 aliphatic rings. The summed E-state index contributed by atoms with van der Waals surface area (Å²) >= 11 is 0. The van der Waals surface area contributed by atoms with E-state index in [1.165, 1.54) is 0 Å². The Morgan fingerprint density at radius 3 is 1.00 bits per heavy atom. The monoisotopic (exact) mass is 546 g/mol. The maximum Gasteiger partial charge on any atom is 0.178 e. The second-order valence-corrected chi connectivity index (χ2v) is 15.5. The molecule has 0 aromatic carbocycles. The van der Waals surface area contributed by atoms with Gasteiger partial charge in [-0.05, 0) is 120 Å². The first-order valence-corrected chi connectivity index (χ1v) is 14.7. The highest BCUT2D eigenvalue weighted by atomic mass is 16.5. The zero-order chi connectivity index (χ0) is 31.1. The van der Waals surface area contributed by atoms with Crippen LogP contribution >= 0.6 is 0 Å². The molecule has 0 heterocycles. The Bertz CT molecular complexity index is 675. The third kappa shape index (κ3) is 13.2. The van der Waals surface area contributed by atoms with Crippen molar-refractivity contribution in [2.24, 2.45) is 23.7 Å². The van der Waals surface area contributed by atoms with Gasteiger partial charge in [0.1, 0.15) is 0 Å². The largest absolute Gasteiger partial charge is 0.375 e. The molecule has 0 aromatic heterocycles. The fourth-order valence-electron chi connectivity index (χ4n) is 4.08. The molecule has 0 fully saturated rings. The van der Waals surface area contributed by atoms with Crippen molar-refractivity contribution in [3.8, 4) is 0 Å². The van der Waals surface area contributed by atoms with Crippen molar-refractivity contribution in [3.05, 3.63) is 0 Å². The van der Waals surface area contributed by atoms with Gasteiger partial charge in [-0.1, -0.05) is 20.8 Å². The summed E-state index contributed by atoms with van der Waals surface area (Å²) in [6, 6.07) is 0. The summed E-state index contributed by atoms with van der Waals surface area (Å²) in [6.45, 7) is 33.9. The Morgan fingerprint density at radius 1 is 0.487 bits per heavy atom. The van der Waals surface area contributed by atoms with Crippen LogP contribution in [0.1, 0.15) is 117 Å². The third-order valence-corrected chi connectivity index (χ3v) is 9.42. The molecule has 0 saturated carbocycles. The van der Waals surface area contributed by atoms with Crippen LogP contribution in [0.5, 0.6) is 0 Å². The van der Waals surface area contributed by atoms with Crippen molar-refractivity contribution in [1.82, 2.24) is 15.7 Å². The zero-order valence-corrected chi connectivity index (χ0v) is 28.3. The van der Waals surface area contributed by atoms with E-state index in [0.717, 1.165) is 12.8 Å². The average Bonchev–Trinajstić information content (AvgIpc) is 2.83. The normalized spacial score (nSPS) is 17.6. The first-order valence-electron chi connectivity index (χ1n) is 14.7. The van der Waals surface area contributed by atoms with Crippen LogP contribution in [0, 0.1) is 23.7 Å². The highest BCUT2D eigenvalue weighted by molar-refractivity contribution is 6.05. The Labute approximate surface area is 247 Å². The molecular weight excluding hydrogens is 483 g/mol. The second kappa shape index (κ2) is 14.9. The van der Waals surface area contributed by atoms with Crippen LogP contribution in [-0.2, 0) is 14.2 Å². The predicted octanol–water partition coefficient (Wildman–Crippen LogP) is 5.03. The van der Waals surface area contributed by atoms with Gasteiger partial charge in [0.15, 0.2) is 23.9 Å². The lowest BCUT2D eigenvalue weighted by atomic mass is 9.75. The summed E-state index contributed by atoms with van der Waals surface area (Å²) in [5.74, 6) is 0.847. The second-order valence-electron chi connectivity index (χ2n) is 15.5. The number of rotatable bonds is 20. The maximum absolute atomic E-state index is 6.67. The maximum atomic E-state index is 6.67. The summed E-state index contributed by atoms with van der Waals surface area (Å²) < 4.78 is 19.7. The highest BCUT2D eigenvalue weighted by Gasteiger charge is 2.41. The summed E-state index contributed by atoms with van der Waals surface area (Å²) in [7, 11) is 17.4. The van der Waals surface area contributed by atoms with Gasteiger partial charge in [-0.15, -0.1) is 0 Å². The minimum absolute atomic E-state index is 0.163. The summed E-state index contributed by atoms with van der Waals surface area (Å²) in [5, 5.41) is 8.75. The van der Waals surface area contributed by atoms with Crippen LogP contribution in [0.25, 0.3) is 0 Å². The summed E-state index contributed by atoms with van der Waals surface area (Å²) in [6.07, 6.45) is 1.63. The Balaban J connectivity index is 5.83. The van der Waals surface area contributed by atoms with E-state index in [1.54, 1.807) is 0 Å². The topological polar surface area (TPSA) is 63.8 Å². The Morgan fingerprint density at radius 2 is 0.744 bits per heavy atom. The fourth-order valence-corrected chi connectivity index (χ4v) is 4.08. The van der Waals surface area contributed by atoms with E-state index in [2.05, 4.69) is 120 Å². The molecule has 224 valence electrons. The van der Waals surface area contributed by atoms with Gasteiger partial charge < -0.3 is 29.9 Å². The molecule has 0 aromatic rings. The van der Waals surface area contributed by atoms with E-state index < -0.39 is 5.60 Å². The Kier molecular flexibility index (Phi) is 14.9. The van der Waals surface area contributed by atoms with Gasteiger partial charge in [-0.2, -0.15) is 0 Å². The molecule has 3 N–H and O–H groups in total. The molecule has 0 aliphatic carbocycles. The summed E-state index contributed by atoms with van der Waals surface area (Å²) in [5.41, 5.74) is -1.86. The minimum Gasteiger partial charge on any atom is -0.375 e. The zero-order valence-electron chi connectivity index (χ0n) is 28.3.